The van der Waals surface area contributed by atoms with Gasteiger partial charge in [0.05, 0.1) is 11.7 Å². The lowest BCUT2D eigenvalue weighted by Crippen LogP contribution is -2.56. The second-order valence-corrected chi connectivity index (χ2v) is 5.92. The molecule has 1 aliphatic rings. The van der Waals surface area contributed by atoms with E-state index in [0.29, 0.717) is 25.2 Å². The summed E-state index contributed by atoms with van der Waals surface area (Å²) in [6, 6.07) is 4.79. The van der Waals surface area contributed by atoms with Gasteiger partial charge < -0.3 is 20.5 Å². The van der Waals surface area contributed by atoms with E-state index in [9.17, 15) is 9.90 Å². The maximum absolute atomic E-state index is 12.6. The van der Waals surface area contributed by atoms with Gasteiger partial charge in [-0.15, -0.1) is 0 Å². The third-order valence-electron chi connectivity index (χ3n) is 3.47. The molecule has 5 heteroatoms. The van der Waals surface area contributed by atoms with Gasteiger partial charge in [0.15, 0.2) is 0 Å². The molecule has 1 heterocycles. The molecule has 1 aromatic carbocycles. The van der Waals surface area contributed by atoms with E-state index in [1.54, 1.807) is 17.0 Å². The zero-order valence-electron chi connectivity index (χ0n) is 12.2. The molecule has 1 unspecified atom stereocenters. The first-order chi connectivity index (χ1) is 9.32. The van der Waals surface area contributed by atoms with Crippen LogP contribution in [0.4, 0.5) is 0 Å². The van der Waals surface area contributed by atoms with E-state index in [2.05, 4.69) is 0 Å². The predicted octanol–water partition coefficient (Wildman–Crippen LogP) is 1.28. The summed E-state index contributed by atoms with van der Waals surface area (Å²) in [6.45, 7) is 7.15. The Balaban J connectivity index is 2.23. The van der Waals surface area contributed by atoms with E-state index >= 15 is 0 Å². The minimum absolute atomic E-state index is 0.0441. The van der Waals surface area contributed by atoms with Crippen LogP contribution in [0.15, 0.2) is 18.2 Å². The number of carbonyl (C=O) groups is 1. The van der Waals surface area contributed by atoms with Gasteiger partial charge in [0, 0.05) is 25.2 Å². The normalized spacial score (nSPS) is 21.8. The number of benzene rings is 1. The first kappa shape index (κ1) is 14.8. The first-order valence-corrected chi connectivity index (χ1v) is 6.79. The fourth-order valence-electron chi connectivity index (χ4n) is 2.63. The molecule has 1 fully saturated rings. The van der Waals surface area contributed by atoms with Crippen LogP contribution in [0.2, 0.25) is 0 Å². The summed E-state index contributed by atoms with van der Waals surface area (Å²) in [5.41, 5.74) is 6.65. The van der Waals surface area contributed by atoms with Gasteiger partial charge in [0.25, 0.3) is 5.91 Å². The Hall–Kier alpha value is -1.59. The van der Waals surface area contributed by atoms with E-state index in [0.717, 1.165) is 5.56 Å². The fourth-order valence-corrected chi connectivity index (χ4v) is 2.63. The van der Waals surface area contributed by atoms with Crippen molar-refractivity contribution in [2.75, 3.05) is 19.6 Å². The third kappa shape index (κ3) is 3.11. The maximum Gasteiger partial charge on any atom is 0.254 e. The fraction of sp³-hybridized carbons (Fsp3) is 0.533. The van der Waals surface area contributed by atoms with E-state index in [1.807, 2.05) is 20.8 Å². The van der Waals surface area contributed by atoms with Crippen molar-refractivity contribution in [3.63, 3.8) is 0 Å². The summed E-state index contributed by atoms with van der Waals surface area (Å²) >= 11 is 0. The summed E-state index contributed by atoms with van der Waals surface area (Å²) in [6.07, 6.45) is -0.139. The van der Waals surface area contributed by atoms with Gasteiger partial charge in [0.1, 0.15) is 5.75 Å². The maximum atomic E-state index is 12.6. The number of nitrogens with two attached hydrogens (primary N) is 1. The highest BCUT2D eigenvalue weighted by atomic mass is 16.5. The summed E-state index contributed by atoms with van der Waals surface area (Å²) in [5.74, 6) is 0.124. The highest BCUT2D eigenvalue weighted by Crippen LogP contribution is 2.24. The van der Waals surface area contributed by atoms with Gasteiger partial charge in [-0.1, -0.05) is 0 Å². The highest BCUT2D eigenvalue weighted by Gasteiger charge is 2.35. The first-order valence-electron chi connectivity index (χ1n) is 6.79. The van der Waals surface area contributed by atoms with Gasteiger partial charge >= 0.3 is 0 Å². The number of nitrogens with zero attached hydrogens (tertiary/aromatic N) is 1. The minimum atomic E-state index is -0.400. The number of phenolic OH excluding ortho intramolecular Hbond substituents is 1. The van der Waals surface area contributed by atoms with Crippen molar-refractivity contribution in [1.29, 1.82) is 0 Å². The highest BCUT2D eigenvalue weighted by molar-refractivity contribution is 5.96. The van der Waals surface area contributed by atoms with E-state index in [-0.39, 0.29) is 17.8 Å². The SMILES string of the molecule is Cc1cc(O)ccc1C(=O)N1CC(CN)OC(C)(C)C1. The Bertz CT molecular complexity index is 514. The summed E-state index contributed by atoms with van der Waals surface area (Å²) < 4.78 is 5.83. The molecule has 0 spiro atoms. The number of hydrogen-bond acceptors (Lipinski definition) is 4. The number of phenols is 1. The topological polar surface area (TPSA) is 75.8 Å². The Morgan fingerprint density at radius 1 is 1.55 bits per heavy atom. The molecule has 1 saturated heterocycles. The molecule has 0 bridgehead atoms. The van der Waals surface area contributed by atoms with Crippen molar-refractivity contribution in [2.45, 2.75) is 32.5 Å². The largest absolute Gasteiger partial charge is 0.508 e. The number of rotatable bonds is 2. The van der Waals surface area contributed by atoms with Crippen LogP contribution < -0.4 is 5.73 Å². The molecule has 110 valence electrons. The van der Waals surface area contributed by atoms with E-state index in [1.165, 1.54) is 6.07 Å². The van der Waals surface area contributed by atoms with Crippen LogP contribution in [0.25, 0.3) is 0 Å². The molecule has 1 atom stereocenters. The molecule has 2 rings (SSSR count). The van der Waals surface area contributed by atoms with Crippen LogP contribution in [0.1, 0.15) is 29.8 Å². The lowest BCUT2D eigenvalue weighted by atomic mass is 10.0. The van der Waals surface area contributed by atoms with Crippen molar-refractivity contribution in [3.05, 3.63) is 29.3 Å². The zero-order chi connectivity index (χ0) is 14.9. The molecule has 20 heavy (non-hydrogen) atoms. The van der Waals surface area contributed by atoms with Crippen LogP contribution in [-0.2, 0) is 4.74 Å². The summed E-state index contributed by atoms with van der Waals surface area (Å²) in [4.78, 5) is 14.4. The molecule has 1 aliphatic heterocycles. The monoisotopic (exact) mass is 278 g/mol. The van der Waals surface area contributed by atoms with E-state index in [4.69, 9.17) is 10.5 Å². The van der Waals surface area contributed by atoms with Crippen molar-refractivity contribution in [1.82, 2.24) is 4.90 Å². The molecule has 0 radical (unpaired) electrons. The lowest BCUT2D eigenvalue weighted by Gasteiger charge is -2.42. The molecular weight excluding hydrogens is 256 g/mol. The van der Waals surface area contributed by atoms with Crippen molar-refractivity contribution in [2.24, 2.45) is 5.73 Å². The molecule has 0 aromatic heterocycles. The Kier molecular flexibility index (Phi) is 4.01. The number of aryl methyl sites for hydroxylation is 1. The molecule has 0 aliphatic carbocycles. The van der Waals surface area contributed by atoms with Crippen molar-refractivity contribution in [3.8, 4) is 5.75 Å². The van der Waals surface area contributed by atoms with E-state index < -0.39 is 5.60 Å². The number of amides is 1. The van der Waals surface area contributed by atoms with Crippen LogP contribution in [-0.4, -0.2) is 47.3 Å². The van der Waals surface area contributed by atoms with Crippen molar-refractivity contribution < 1.29 is 14.6 Å². The predicted molar refractivity (Wildman–Crippen MR) is 76.8 cm³/mol. The van der Waals surface area contributed by atoms with Gasteiger partial charge in [0.2, 0.25) is 0 Å². The van der Waals surface area contributed by atoms with Crippen LogP contribution in [0.5, 0.6) is 5.75 Å². The molecule has 5 nitrogen and oxygen atoms in total. The van der Waals surface area contributed by atoms with Crippen molar-refractivity contribution >= 4 is 5.91 Å². The minimum Gasteiger partial charge on any atom is -0.508 e. The smallest absolute Gasteiger partial charge is 0.254 e. The van der Waals surface area contributed by atoms with Gasteiger partial charge in [-0.25, -0.2) is 0 Å². The third-order valence-corrected chi connectivity index (χ3v) is 3.47. The Labute approximate surface area is 119 Å². The molecule has 0 saturated carbocycles. The lowest BCUT2D eigenvalue weighted by molar-refractivity contribution is -0.122. The number of carbonyl (C=O) groups excluding carboxylic acids is 1. The second kappa shape index (κ2) is 5.42. The van der Waals surface area contributed by atoms with Crippen LogP contribution >= 0.6 is 0 Å². The second-order valence-electron chi connectivity index (χ2n) is 5.92. The number of morpholine rings is 1. The standard InChI is InChI=1S/C15H22N2O3/c1-10-6-11(18)4-5-13(10)14(19)17-8-12(7-16)20-15(2,3)9-17/h4-6,12,18H,7-9,16H2,1-3H3. The molecule has 1 aromatic rings. The summed E-state index contributed by atoms with van der Waals surface area (Å²) in [7, 11) is 0. The van der Waals surface area contributed by atoms with Gasteiger partial charge in [-0.05, 0) is 44.5 Å². The summed E-state index contributed by atoms with van der Waals surface area (Å²) in [5, 5.41) is 9.43. The van der Waals surface area contributed by atoms with Gasteiger partial charge in [-0.2, -0.15) is 0 Å². The molecular formula is C15H22N2O3. The van der Waals surface area contributed by atoms with Gasteiger partial charge in [-0.3, -0.25) is 4.79 Å². The Morgan fingerprint density at radius 2 is 2.25 bits per heavy atom. The number of hydrogen-bond donors (Lipinski definition) is 2. The quantitative estimate of drug-likeness (QED) is 0.854. The molecule has 3 N–H and O–H groups in total. The van der Waals surface area contributed by atoms with Crippen LogP contribution in [0.3, 0.4) is 0 Å². The average molecular weight is 278 g/mol. The average Bonchev–Trinajstić information content (AvgIpc) is 2.36. The number of aromatic hydroxyl groups is 1. The zero-order valence-corrected chi connectivity index (χ0v) is 12.2. The Morgan fingerprint density at radius 3 is 2.85 bits per heavy atom. The molecule has 1 amide bonds. The number of ether oxygens (including phenoxy) is 1. The van der Waals surface area contributed by atoms with Crippen LogP contribution in [0, 0.1) is 6.92 Å².